The van der Waals surface area contributed by atoms with Crippen molar-refractivity contribution in [1.82, 2.24) is 9.97 Å². The highest BCUT2D eigenvalue weighted by Gasteiger charge is 2.34. The summed E-state index contributed by atoms with van der Waals surface area (Å²) in [5.74, 6) is -0.934. The molecule has 0 unspecified atom stereocenters. The Morgan fingerprint density at radius 1 is 1.21 bits per heavy atom. The second-order valence-corrected chi connectivity index (χ2v) is 6.08. The Morgan fingerprint density at radius 2 is 1.92 bits per heavy atom. The smallest absolute Gasteiger partial charge is 0.352 e. The topological polar surface area (TPSA) is 49.8 Å². The molecule has 1 aromatic heterocycles. The Hall–Kier alpha value is -1.90. The molecule has 1 atom stereocenters. The SMILES string of the molecule is CC[C@@H](C)Nc1nc(Nc2ccc(Br)cc2F)cc(C(F)(F)F)n1. The third-order valence-corrected chi connectivity index (χ3v) is 3.69. The average Bonchev–Trinajstić information content (AvgIpc) is 2.49. The molecule has 1 aromatic carbocycles. The number of rotatable bonds is 5. The Bertz CT molecular complexity index is 721. The maximum Gasteiger partial charge on any atom is 0.433 e. The van der Waals surface area contributed by atoms with Crippen LogP contribution >= 0.6 is 15.9 Å². The molecule has 0 aliphatic carbocycles. The number of nitrogens with zero attached hydrogens (tertiary/aromatic N) is 2. The van der Waals surface area contributed by atoms with E-state index in [0.717, 1.165) is 6.07 Å². The molecule has 2 aromatic rings. The highest BCUT2D eigenvalue weighted by molar-refractivity contribution is 9.10. The van der Waals surface area contributed by atoms with Crippen LogP contribution in [0.1, 0.15) is 26.0 Å². The quantitative estimate of drug-likeness (QED) is 0.656. The van der Waals surface area contributed by atoms with Gasteiger partial charge in [0.05, 0.1) is 5.69 Å². The van der Waals surface area contributed by atoms with Crippen LogP contribution in [0.4, 0.5) is 35.0 Å². The molecule has 4 nitrogen and oxygen atoms in total. The van der Waals surface area contributed by atoms with Gasteiger partial charge in [-0.15, -0.1) is 0 Å². The standard InChI is InChI=1S/C15H15BrF4N4/c1-3-8(2)21-14-23-12(15(18,19)20)7-13(24-14)22-11-5-4-9(16)6-10(11)17/h4-8H,3H2,1-2H3,(H2,21,22,23,24)/t8-/m1/s1. The van der Waals surface area contributed by atoms with Crippen LogP contribution in [0.3, 0.4) is 0 Å². The van der Waals surface area contributed by atoms with Crippen LogP contribution in [0.25, 0.3) is 0 Å². The molecule has 0 fully saturated rings. The normalized spacial score (nSPS) is 12.8. The molecule has 0 aliphatic heterocycles. The predicted octanol–water partition coefficient (Wildman–Crippen LogP) is 5.35. The maximum atomic E-state index is 13.9. The van der Waals surface area contributed by atoms with Gasteiger partial charge in [0.1, 0.15) is 11.6 Å². The number of hydrogen-bond donors (Lipinski definition) is 2. The zero-order valence-electron chi connectivity index (χ0n) is 12.9. The monoisotopic (exact) mass is 406 g/mol. The molecule has 0 spiro atoms. The minimum absolute atomic E-state index is 0.0134. The van der Waals surface area contributed by atoms with E-state index < -0.39 is 17.7 Å². The molecule has 0 aliphatic rings. The fraction of sp³-hybridized carbons (Fsp3) is 0.333. The molecule has 24 heavy (non-hydrogen) atoms. The summed E-state index contributed by atoms with van der Waals surface area (Å²) in [5, 5.41) is 5.35. The molecule has 0 bridgehead atoms. The van der Waals surface area contributed by atoms with Gasteiger partial charge in [-0.05, 0) is 31.5 Å². The fourth-order valence-corrected chi connectivity index (χ4v) is 2.11. The summed E-state index contributed by atoms with van der Waals surface area (Å²) in [5.41, 5.74) is -1.09. The zero-order valence-corrected chi connectivity index (χ0v) is 14.5. The van der Waals surface area contributed by atoms with E-state index in [4.69, 9.17) is 0 Å². The Kier molecular flexibility index (Phi) is 5.63. The predicted molar refractivity (Wildman–Crippen MR) is 87.8 cm³/mol. The molecule has 9 heteroatoms. The number of alkyl halides is 3. The number of anilines is 3. The second-order valence-electron chi connectivity index (χ2n) is 5.16. The van der Waals surface area contributed by atoms with Crippen LogP contribution < -0.4 is 10.6 Å². The average molecular weight is 407 g/mol. The van der Waals surface area contributed by atoms with E-state index in [-0.39, 0.29) is 23.5 Å². The van der Waals surface area contributed by atoms with Crippen molar-refractivity contribution in [2.24, 2.45) is 0 Å². The second kappa shape index (κ2) is 7.33. The molecular formula is C15H15BrF4N4. The summed E-state index contributed by atoms with van der Waals surface area (Å²) >= 11 is 3.11. The van der Waals surface area contributed by atoms with E-state index in [0.29, 0.717) is 10.9 Å². The van der Waals surface area contributed by atoms with Crippen molar-refractivity contribution in [3.63, 3.8) is 0 Å². The fourth-order valence-electron chi connectivity index (χ4n) is 1.77. The molecule has 0 saturated heterocycles. The molecule has 1 heterocycles. The first-order valence-electron chi connectivity index (χ1n) is 7.14. The van der Waals surface area contributed by atoms with Crippen molar-refractivity contribution in [3.8, 4) is 0 Å². The largest absolute Gasteiger partial charge is 0.433 e. The third-order valence-electron chi connectivity index (χ3n) is 3.20. The first-order chi connectivity index (χ1) is 11.2. The van der Waals surface area contributed by atoms with Crippen molar-refractivity contribution in [1.29, 1.82) is 0 Å². The Morgan fingerprint density at radius 3 is 2.50 bits per heavy atom. The van der Waals surface area contributed by atoms with Crippen molar-refractivity contribution in [2.75, 3.05) is 10.6 Å². The van der Waals surface area contributed by atoms with Crippen LogP contribution in [0, 0.1) is 5.82 Å². The van der Waals surface area contributed by atoms with Crippen molar-refractivity contribution >= 4 is 33.4 Å². The molecule has 2 rings (SSSR count). The molecule has 0 amide bonds. The summed E-state index contributed by atoms with van der Waals surface area (Å²) in [6, 6.07) is 4.80. The van der Waals surface area contributed by atoms with Crippen molar-refractivity contribution < 1.29 is 17.6 Å². The van der Waals surface area contributed by atoms with Crippen LogP contribution in [0.15, 0.2) is 28.7 Å². The van der Waals surface area contributed by atoms with Gasteiger partial charge in [0, 0.05) is 16.6 Å². The number of halogens is 5. The summed E-state index contributed by atoms with van der Waals surface area (Å²) < 4.78 is 53.4. The minimum Gasteiger partial charge on any atom is -0.352 e. The molecular weight excluding hydrogens is 392 g/mol. The van der Waals surface area contributed by atoms with E-state index in [1.165, 1.54) is 12.1 Å². The van der Waals surface area contributed by atoms with Gasteiger partial charge in [0.25, 0.3) is 0 Å². The highest BCUT2D eigenvalue weighted by atomic mass is 79.9. The van der Waals surface area contributed by atoms with Gasteiger partial charge >= 0.3 is 6.18 Å². The lowest BCUT2D eigenvalue weighted by molar-refractivity contribution is -0.141. The van der Waals surface area contributed by atoms with E-state index in [1.54, 1.807) is 13.0 Å². The maximum absolute atomic E-state index is 13.9. The van der Waals surface area contributed by atoms with Crippen molar-refractivity contribution in [2.45, 2.75) is 32.5 Å². The van der Waals surface area contributed by atoms with Gasteiger partial charge in [-0.1, -0.05) is 22.9 Å². The van der Waals surface area contributed by atoms with E-state index in [2.05, 4.69) is 36.5 Å². The van der Waals surface area contributed by atoms with Crippen LogP contribution in [0.5, 0.6) is 0 Å². The minimum atomic E-state index is -4.64. The van der Waals surface area contributed by atoms with Gasteiger partial charge < -0.3 is 10.6 Å². The Labute approximate surface area is 144 Å². The Balaban J connectivity index is 2.38. The summed E-state index contributed by atoms with van der Waals surface area (Å²) in [6.45, 7) is 3.67. The first kappa shape index (κ1) is 18.4. The van der Waals surface area contributed by atoms with Gasteiger partial charge in [0.15, 0.2) is 5.69 Å². The van der Waals surface area contributed by atoms with E-state index in [9.17, 15) is 17.6 Å². The van der Waals surface area contributed by atoms with E-state index in [1.807, 2.05) is 6.92 Å². The van der Waals surface area contributed by atoms with Crippen LogP contribution in [-0.4, -0.2) is 16.0 Å². The lowest BCUT2D eigenvalue weighted by Crippen LogP contribution is -2.18. The molecule has 0 saturated carbocycles. The first-order valence-corrected chi connectivity index (χ1v) is 7.93. The number of benzene rings is 1. The van der Waals surface area contributed by atoms with Gasteiger partial charge in [0.2, 0.25) is 5.95 Å². The summed E-state index contributed by atoms with van der Waals surface area (Å²) in [4.78, 5) is 7.46. The lowest BCUT2D eigenvalue weighted by Gasteiger charge is -2.15. The number of hydrogen-bond acceptors (Lipinski definition) is 4. The summed E-state index contributed by atoms with van der Waals surface area (Å²) in [6.07, 6.45) is -3.95. The molecule has 0 radical (unpaired) electrons. The highest BCUT2D eigenvalue weighted by Crippen LogP contribution is 2.31. The van der Waals surface area contributed by atoms with Gasteiger partial charge in [-0.25, -0.2) is 9.37 Å². The zero-order chi connectivity index (χ0) is 17.9. The van der Waals surface area contributed by atoms with E-state index >= 15 is 0 Å². The number of aromatic nitrogens is 2. The molecule has 2 N–H and O–H groups in total. The van der Waals surface area contributed by atoms with Gasteiger partial charge in [-0.3, -0.25) is 0 Å². The third kappa shape index (κ3) is 4.80. The van der Waals surface area contributed by atoms with Gasteiger partial charge in [-0.2, -0.15) is 18.2 Å². The molecule has 130 valence electrons. The van der Waals surface area contributed by atoms with Crippen LogP contribution in [0.2, 0.25) is 0 Å². The lowest BCUT2D eigenvalue weighted by atomic mass is 10.2. The van der Waals surface area contributed by atoms with Crippen LogP contribution in [-0.2, 0) is 6.18 Å². The van der Waals surface area contributed by atoms with Crippen molar-refractivity contribution in [3.05, 3.63) is 40.2 Å². The summed E-state index contributed by atoms with van der Waals surface area (Å²) in [7, 11) is 0. The number of nitrogens with one attached hydrogen (secondary N) is 2.